The van der Waals surface area contributed by atoms with E-state index in [-0.39, 0.29) is 5.28 Å². The van der Waals surface area contributed by atoms with Crippen molar-refractivity contribution in [3.8, 4) is 11.6 Å². The van der Waals surface area contributed by atoms with Crippen molar-refractivity contribution >= 4 is 11.6 Å². The Morgan fingerprint density at radius 3 is 2.87 bits per heavy atom. The smallest absolute Gasteiger partial charge is 0.226 e. The van der Waals surface area contributed by atoms with Gasteiger partial charge in [-0.2, -0.15) is 10.1 Å². The topological polar surface area (TPSA) is 52.8 Å². The predicted octanol–water partition coefficient (Wildman–Crippen LogP) is 1.96. The van der Waals surface area contributed by atoms with Crippen LogP contribution >= 0.6 is 11.6 Å². The molecule has 0 aliphatic heterocycles. The van der Waals surface area contributed by atoms with Crippen LogP contribution in [-0.4, -0.2) is 19.7 Å². The van der Waals surface area contributed by atoms with E-state index in [1.165, 1.54) is 0 Å². The first-order chi connectivity index (χ1) is 7.15. The summed E-state index contributed by atoms with van der Waals surface area (Å²) in [5.41, 5.74) is 0.822. The van der Waals surface area contributed by atoms with Gasteiger partial charge in [0.2, 0.25) is 11.2 Å². The Kier molecular flexibility index (Phi) is 2.55. The van der Waals surface area contributed by atoms with Crippen molar-refractivity contribution in [3.05, 3.63) is 29.4 Å². The summed E-state index contributed by atoms with van der Waals surface area (Å²) in [6, 6.07) is 0. The third-order valence-corrected chi connectivity index (χ3v) is 1.97. The molecule has 2 heterocycles. The molecule has 0 aliphatic carbocycles. The number of aromatic nitrogens is 4. The SMILES string of the molecule is Cc1cnc(Cl)nc1Oc1cnn(C)c1. The van der Waals surface area contributed by atoms with Gasteiger partial charge in [-0.05, 0) is 18.5 Å². The van der Waals surface area contributed by atoms with Gasteiger partial charge in [0.15, 0.2) is 5.75 Å². The van der Waals surface area contributed by atoms with Crippen LogP contribution in [0.4, 0.5) is 0 Å². The van der Waals surface area contributed by atoms with Crippen LogP contribution in [0.2, 0.25) is 5.28 Å². The molecule has 0 unspecified atom stereocenters. The summed E-state index contributed by atoms with van der Waals surface area (Å²) < 4.78 is 7.14. The molecule has 0 aliphatic rings. The highest BCUT2D eigenvalue weighted by Crippen LogP contribution is 2.22. The van der Waals surface area contributed by atoms with Crippen LogP contribution in [0.1, 0.15) is 5.56 Å². The van der Waals surface area contributed by atoms with Gasteiger partial charge in [-0.1, -0.05) is 0 Å². The highest BCUT2D eigenvalue weighted by atomic mass is 35.5. The quantitative estimate of drug-likeness (QED) is 0.732. The van der Waals surface area contributed by atoms with Gasteiger partial charge in [-0.15, -0.1) is 0 Å². The Bertz CT molecular complexity index is 483. The Morgan fingerprint density at radius 2 is 2.20 bits per heavy atom. The monoisotopic (exact) mass is 224 g/mol. The molecule has 0 bridgehead atoms. The fraction of sp³-hybridized carbons (Fsp3) is 0.222. The van der Waals surface area contributed by atoms with Gasteiger partial charge >= 0.3 is 0 Å². The van der Waals surface area contributed by atoms with Crippen molar-refractivity contribution < 1.29 is 4.74 Å². The maximum atomic E-state index is 5.67. The second kappa shape index (κ2) is 3.86. The largest absolute Gasteiger partial charge is 0.435 e. The number of ether oxygens (including phenoxy) is 1. The molecule has 2 aromatic rings. The first-order valence-electron chi connectivity index (χ1n) is 4.31. The van der Waals surface area contributed by atoms with Crippen LogP contribution in [0.5, 0.6) is 11.6 Å². The van der Waals surface area contributed by atoms with Crippen molar-refractivity contribution in [2.24, 2.45) is 7.05 Å². The lowest BCUT2D eigenvalue weighted by Crippen LogP contribution is -1.92. The zero-order chi connectivity index (χ0) is 10.8. The van der Waals surface area contributed by atoms with Crippen molar-refractivity contribution in [3.63, 3.8) is 0 Å². The van der Waals surface area contributed by atoms with E-state index in [0.29, 0.717) is 11.6 Å². The zero-order valence-electron chi connectivity index (χ0n) is 8.31. The standard InChI is InChI=1S/C9H9ClN4O/c1-6-3-11-9(10)13-8(6)15-7-4-12-14(2)5-7/h3-5H,1-2H3. The lowest BCUT2D eigenvalue weighted by molar-refractivity contribution is 0.457. The molecule has 0 saturated carbocycles. The van der Waals surface area contributed by atoms with Gasteiger partial charge in [0, 0.05) is 18.8 Å². The maximum absolute atomic E-state index is 5.67. The van der Waals surface area contributed by atoms with Gasteiger partial charge in [0.1, 0.15) is 0 Å². The van der Waals surface area contributed by atoms with E-state index in [9.17, 15) is 0 Å². The summed E-state index contributed by atoms with van der Waals surface area (Å²) in [4.78, 5) is 7.81. The number of hydrogen-bond donors (Lipinski definition) is 0. The molecule has 78 valence electrons. The minimum absolute atomic E-state index is 0.166. The highest BCUT2D eigenvalue weighted by Gasteiger charge is 2.06. The molecule has 0 saturated heterocycles. The summed E-state index contributed by atoms with van der Waals surface area (Å²) in [5, 5.41) is 4.15. The lowest BCUT2D eigenvalue weighted by Gasteiger charge is -2.04. The molecule has 2 rings (SSSR count). The van der Waals surface area contributed by atoms with Crippen LogP contribution in [0.3, 0.4) is 0 Å². The molecule has 15 heavy (non-hydrogen) atoms. The van der Waals surface area contributed by atoms with Crippen molar-refractivity contribution in [2.75, 3.05) is 0 Å². The van der Waals surface area contributed by atoms with Crippen LogP contribution < -0.4 is 4.74 Å². The first-order valence-corrected chi connectivity index (χ1v) is 4.68. The van der Waals surface area contributed by atoms with Crippen LogP contribution in [0, 0.1) is 6.92 Å². The van der Waals surface area contributed by atoms with E-state index in [4.69, 9.17) is 16.3 Å². The van der Waals surface area contributed by atoms with Crippen LogP contribution in [0.15, 0.2) is 18.6 Å². The van der Waals surface area contributed by atoms with Gasteiger partial charge in [0.05, 0.1) is 12.4 Å². The second-order valence-corrected chi connectivity index (χ2v) is 3.42. The number of nitrogens with zero attached hydrogens (tertiary/aromatic N) is 4. The molecule has 0 radical (unpaired) electrons. The Labute approximate surface area is 91.7 Å². The molecule has 0 fully saturated rings. The van der Waals surface area contributed by atoms with Crippen molar-refractivity contribution in [2.45, 2.75) is 6.92 Å². The Morgan fingerprint density at radius 1 is 1.40 bits per heavy atom. The van der Waals surface area contributed by atoms with Crippen LogP contribution in [0.25, 0.3) is 0 Å². The lowest BCUT2D eigenvalue weighted by atomic mass is 10.4. The molecular formula is C9H9ClN4O. The summed E-state index contributed by atoms with van der Waals surface area (Å²) >= 11 is 5.67. The minimum Gasteiger partial charge on any atom is -0.435 e. The Balaban J connectivity index is 2.27. The third kappa shape index (κ3) is 2.24. The van der Waals surface area contributed by atoms with Gasteiger partial charge < -0.3 is 4.74 Å². The number of rotatable bonds is 2. The molecule has 0 amide bonds. The van der Waals surface area contributed by atoms with Gasteiger partial charge in [-0.3, -0.25) is 4.68 Å². The van der Waals surface area contributed by atoms with E-state index in [2.05, 4.69) is 15.1 Å². The average Bonchev–Trinajstić information content (AvgIpc) is 2.58. The second-order valence-electron chi connectivity index (χ2n) is 3.08. The van der Waals surface area contributed by atoms with Crippen molar-refractivity contribution in [1.82, 2.24) is 19.7 Å². The van der Waals surface area contributed by atoms with E-state index >= 15 is 0 Å². The maximum Gasteiger partial charge on any atom is 0.226 e. The zero-order valence-corrected chi connectivity index (χ0v) is 9.06. The molecule has 2 aromatic heterocycles. The summed E-state index contributed by atoms with van der Waals surface area (Å²) in [6.45, 7) is 1.85. The van der Waals surface area contributed by atoms with Crippen molar-refractivity contribution in [1.29, 1.82) is 0 Å². The fourth-order valence-corrected chi connectivity index (χ4v) is 1.20. The van der Waals surface area contributed by atoms with Gasteiger partial charge in [-0.25, -0.2) is 4.98 Å². The van der Waals surface area contributed by atoms with E-state index in [0.717, 1.165) is 5.56 Å². The summed E-state index contributed by atoms with van der Waals surface area (Å²) in [6.07, 6.45) is 4.96. The molecule has 0 N–H and O–H groups in total. The number of aryl methyl sites for hydroxylation is 2. The first kappa shape index (κ1) is 9.92. The summed E-state index contributed by atoms with van der Waals surface area (Å²) in [7, 11) is 1.81. The normalized spacial score (nSPS) is 10.3. The molecular weight excluding hydrogens is 216 g/mol. The Hall–Kier alpha value is -1.62. The summed E-state index contributed by atoms with van der Waals surface area (Å²) in [5.74, 6) is 1.07. The number of halogens is 1. The molecule has 0 atom stereocenters. The minimum atomic E-state index is 0.166. The molecule has 5 nitrogen and oxygen atoms in total. The molecule has 0 aromatic carbocycles. The average molecular weight is 225 g/mol. The molecule has 6 heteroatoms. The molecule has 0 spiro atoms. The van der Waals surface area contributed by atoms with Gasteiger partial charge in [0.25, 0.3) is 0 Å². The van der Waals surface area contributed by atoms with E-state index in [1.807, 2.05) is 14.0 Å². The number of hydrogen-bond acceptors (Lipinski definition) is 4. The third-order valence-electron chi connectivity index (χ3n) is 1.79. The fourth-order valence-electron chi connectivity index (χ4n) is 1.07. The predicted molar refractivity (Wildman–Crippen MR) is 55.1 cm³/mol. The van der Waals surface area contributed by atoms with Crippen LogP contribution in [-0.2, 0) is 7.05 Å². The van der Waals surface area contributed by atoms with E-state index in [1.54, 1.807) is 23.3 Å². The van der Waals surface area contributed by atoms with E-state index < -0.39 is 0 Å². The highest BCUT2D eigenvalue weighted by molar-refractivity contribution is 6.28.